The molecule has 1 N–H and O–H groups in total. The molecule has 1 aromatic heterocycles. The number of carboxylic acids is 1. The molecule has 5 rings (SSSR count). The molecule has 0 spiro atoms. The summed E-state index contributed by atoms with van der Waals surface area (Å²) < 4.78 is 14.9. The van der Waals surface area contributed by atoms with Crippen molar-refractivity contribution in [3.05, 3.63) is 35.5 Å². The standard InChI is InChI=1S/C32H43FN2O4/c1-20(19-33)22-9-11-24(12-10-22)31(37)35-15-14-26(23-6-4-3-5-7-23)30(35)29(36)17-21-8-13-27-25(16-21)18-28(32(38)39)34(27)2/h8,13,16,18,20,22-24,26,30H,3-7,9-12,14-15,17,19H2,1-2H3,(H,38,39)/t20?,22?,24?,26-,30-/m0/s1. The fourth-order valence-corrected chi connectivity index (χ4v) is 7.85. The van der Waals surface area contributed by atoms with Crippen LogP contribution in [0.3, 0.4) is 0 Å². The summed E-state index contributed by atoms with van der Waals surface area (Å²) in [5, 5.41) is 10.3. The summed E-state index contributed by atoms with van der Waals surface area (Å²) in [7, 11) is 1.74. The van der Waals surface area contributed by atoms with Crippen LogP contribution in [0.1, 0.15) is 87.2 Å². The van der Waals surface area contributed by atoms with Crippen LogP contribution in [0.4, 0.5) is 4.39 Å². The van der Waals surface area contributed by atoms with Crippen LogP contribution in [0.5, 0.6) is 0 Å². The molecule has 1 unspecified atom stereocenters. The number of carbonyl (C=O) groups excluding carboxylic acids is 2. The van der Waals surface area contributed by atoms with Crippen molar-refractivity contribution in [3.63, 3.8) is 0 Å². The number of ketones is 1. The number of alkyl halides is 1. The lowest BCUT2D eigenvalue weighted by Gasteiger charge is -2.37. The molecule has 2 aliphatic carbocycles. The minimum absolute atomic E-state index is 0.0476. The minimum atomic E-state index is -0.977. The quantitative estimate of drug-likeness (QED) is 0.434. The van der Waals surface area contributed by atoms with Crippen LogP contribution >= 0.6 is 0 Å². The summed E-state index contributed by atoms with van der Waals surface area (Å²) in [4.78, 5) is 41.4. The highest BCUT2D eigenvalue weighted by Gasteiger charge is 2.46. The zero-order valence-corrected chi connectivity index (χ0v) is 23.4. The molecule has 212 valence electrons. The highest BCUT2D eigenvalue weighted by molar-refractivity contribution is 5.96. The van der Waals surface area contributed by atoms with Crippen molar-refractivity contribution in [2.75, 3.05) is 13.2 Å². The predicted molar refractivity (Wildman–Crippen MR) is 149 cm³/mol. The summed E-state index contributed by atoms with van der Waals surface area (Å²) in [6.45, 7) is 2.31. The number of carboxylic acid groups (broad SMARTS) is 1. The van der Waals surface area contributed by atoms with E-state index in [1.165, 1.54) is 19.3 Å². The Morgan fingerprint density at radius 2 is 1.72 bits per heavy atom. The smallest absolute Gasteiger partial charge is 0.352 e. The molecule has 1 amide bonds. The number of halogens is 1. The van der Waals surface area contributed by atoms with Gasteiger partial charge >= 0.3 is 5.97 Å². The van der Waals surface area contributed by atoms with E-state index in [4.69, 9.17) is 0 Å². The Morgan fingerprint density at radius 1 is 1.00 bits per heavy atom. The Kier molecular flexibility index (Phi) is 8.43. The number of nitrogens with zero attached hydrogens (tertiary/aromatic N) is 2. The number of carbonyl (C=O) groups is 3. The van der Waals surface area contributed by atoms with Gasteiger partial charge in [0.25, 0.3) is 0 Å². The highest BCUT2D eigenvalue weighted by Crippen LogP contribution is 2.42. The number of aryl methyl sites for hydroxylation is 1. The first-order valence-electron chi connectivity index (χ1n) is 15.0. The summed E-state index contributed by atoms with van der Waals surface area (Å²) in [5.41, 5.74) is 1.89. The maximum absolute atomic E-state index is 14.0. The van der Waals surface area contributed by atoms with Crippen LogP contribution in [0, 0.1) is 29.6 Å². The Labute approximate surface area is 230 Å². The van der Waals surface area contributed by atoms with Crippen molar-refractivity contribution in [1.82, 2.24) is 9.47 Å². The number of hydrogen-bond acceptors (Lipinski definition) is 3. The van der Waals surface area contributed by atoms with Crippen LogP contribution in [0.25, 0.3) is 10.9 Å². The molecule has 2 aromatic rings. The molecule has 6 nitrogen and oxygen atoms in total. The van der Waals surface area contributed by atoms with E-state index < -0.39 is 5.97 Å². The number of fused-ring (bicyclic) bond motifs is 1. The second-order valence-corrected chi connectivity index (χ2v) is 12.5. The first-order valence-corrected chi connectivity index (χ1v) is 15.0. The summed E-state index contributed by atoms with van der Waals surface area (Å²) in [6.07, 6.45) is 10.4. The van der Waals surface area contributed by atoms with Crippen LogP contribution < -0.4 is 0 Å². The molecular formula is C32H43FN2O4. The average molecular weight is 539 g/mol. The minimum Gasteiger partial charge on any atom is -0.477 e. The SMILES string of the molecule is CC(CF)C1CCC(C(=O)N2CC[C@@H](C3CCCCC3)[C@H]2C(=O)Cc2ccc3c(c2)cc(C(=O)O)n3C)CC1. The van der Waals surface area contributed by atoms with Crippen LogP contribution in [0.15, 0.2) is 24.3 Å². The largest absolute Gasteiger partial charge is 0.477 e. The lowest BCUT2D eigenvalue weighted by Crippen LogP contribution is -2.48. The van der Waals surface area contributed by atoms with Crippen molar-refractivity contribution >= 4 is 28.6 Å². The molecule has 0 radical (unpaired) electrons. The van der Waals surface area contributed by atoms with Gasteiger partial charge in [0.2, 0.25) is 5.91 Å². The Hall–Kier alpha value is -2.70. The molecule has 1 aromatic carbocycles. The van der Waals surface area contributed by atoms with E-state index in [1.807, 2.05) is 30.0 Å². The first kappa shape index (κ1) is 27.9. The van der Waals surface area contributed by atoms with E-state index in [2.05, 4.69) is 0 Å². The third-order valence-corrected chi connectivity index (χ3v) is 10.2. The second kappa shape index (κ2) is 11.8. The molecule has 2 heterocycles. The van der Waals surface area contributed by atoms with Gasteiger partial charge in [-0.1, -0.05) is 45.1 Å². The van der Waals surface area contributed by atoms with Crippen molar-refractivity contribution in [3.8, 4) is 0 Å². The maximum Gasteiger partial charge on any atom is 0.352 e. The van der Waals surface area contributed by atoms with E-state index in [1.54, 1.807) is 17.7 Å². The summed E-state index contributed by atoms with van der Waals surface area (Å²) in [5.74, 6) is 0.280. The molecule has 0 bridgehead atoms. The number of Topliss-reactive ketones (excluding diaryl/α,β-unsaturated/α-hetero) is 1. The molecule has 3 atom stereocenters. The van der Waals surface area contributed by atoms with Gasteiger partial charge in [0.05, 0.1) is 12.7 Å². The average Bonchev–Trinajstić information content (AvgIpc) is 3.54. The van der Waals surface area contributed by atoms with Gasteiger partial charge in [0.15, 0.2) is 5.78 Å². The van der Waals surface area contributed by atoms with Gasteiger partial charge in [0, 0.05) is 36.8 Å². The molecule has 3 aliphatic rings. The number of aromatic carboxylic acids is 1. The molecule has 2 saturated carbocycles. The van der Waals surface area contributed by atoms with Crippen molar-refractivity contribution in [2.45, 2.75) is 83.6 Å². The Morgan fingerprint density at radius 3 is 2.38 bits per heavy atom. The van der Waals surface area contributed by atoms with Gasteiger partial charge < -0.3 is 14.6 Å². The normalized spacial score (nSPS) is 27.1. The lowest BCUT2D eigenvalue weighted by molar-refractivity contribution is -0.143. The van der Waals surface area contributed by atoms with Crippen molar-refractivity contribution in [1.29, 1.82) is 0 Å². The van der Waals surface area contributed by atoms with Gasteiger partial charge in [-0.3, -0.25) is 14.0 Å². The number of aromatic nitrogens is 1. The van der Waals surface area contributed by atoms with Gasteiger partial charge in [-0.25, -0.2) is 4.79 Å². The number of benzene rings is 1. The third-order valence-electron chi connectivity index (χ3n) is 10.2. The number of hydrogen-bond donors (Lipinski definition) is 1. The molecule has 7 heteroatoms. The third kappa shape index (κ3) is 5.64. The van der Waals surface area contributed by atoms with Crippen molar-refractivity contribution in [2.24, 2.45) is 36.6 Å². The highest BCUT2D eigenvalue weighted by atomic mass is 19.1. The van der Waals surface area contributed by atoms with Gasteiger partial charge in [-0.15, -0.1) is 0 Å². The van der Waals surface area contributed by atoms with Crippen molar-refractivity contribution < 1.29 is 23.9 Å². The Balaban J connectivity index is 1.35. The Bertz CT molecular complexity index is 1210. The van der Waals surface area contributed by atoms with Crippen LogP contribution in [-0.2, 0) is 23.1 Å². The molecule has 39 heavy (non-hydrogen) atoms. The van der Waals surface area contributed by atoms with Crippen LogP contribution in [0.2, 0.25) is 0 Å². The van der Waals surface area contributed by atoms with E-state index in [0.29, 0.717) is 18.4 Å². The molecule has 1 aliphatic heterocycles. The van der Waals surface area contributed by atoms with E-state index in [0.717, 1.165) is 61.4 Å². The van der Waals surface area contributed by atoms with E-state index in [9.17, 15) is 23.9 Å². The zero-order valence-electron chi connectivity index (χ0n) is 23.4. The maximum atomic E-state index is 14.0. The number of rotatable bonds is 8. The second-order valence-electron chi connectivity index (χ2n) is 12.5. The molecular weight excluding hydrogens is 495 g/mol. The molecule has 3 fully saturated rings. The topological polar surface area (TPSA) is 79.6 Å². The monoisotopic (exact) mass is 538 g/mol. The first-order chi connectivity index (χ1) is 18.8. The van der Waals surface area contributed by atoms with Gasteiger partial charge in [0.1, 0.15) is 5.69 Å². The fraction of sp³-hybridized carbons (Fsp3) is 0.656. The summed E-state index contributed by atoms with van der Waals surface area (Å²) >= 11 is 0. The van der Waals surface area contributed by atoms with E-state index in [-0.39, 0.29) is 54.3 Å². The van der Waals surface area contributed by atoms with Gasteiger partial charge in [-0.2, -0.15) is 0 Å². The predicted octanol–water partition coefficient (Wildman–Crippen LogP) is 6.20. The van der Waals surface area contributed by atoms with Gasteiger partial charge in [-0.05, 0) is 79.5 Å². The van der Waals surface area contributed by atoms with E-state index >= 15 is 0 Å². The van der Waals surface area contributed by atoms with Crippen LogP contribution in [-0.4, -0.2) is 51.5 Å². The molecule has 1 saturated heterocycles. The number of amides is 1. The zero-order chi connectivity index (χ0) is 27.7. The lowest BCUT2D eigenvalue weighted by atomic mass is 9.74. The summed E-state index contributed by atoms with van der Waals surface area (Å²) in [6, 6.07) is 6.99. The number of likely N-dealkylation sites (tertiary alicyclic amines) is 1. The fourth-order valence-electron chi connectivity index (χ4n) is 7.85.